The van der Waals surface area contributed by atoms with Crippen LogP contribution in [0.25, 0.3) is 0 Å². The maximum atomic E-state index is 12.4. The molecular weight excluding hydrogens is 308 g/mol. The van der Waals surface area contributed by atoms with Gasteiger partial charge in [-0.2, -0.15) is 0 Å². The van der Waals surface area contributed by atoms with Crippen molar-refractivity contribution in [3.8, 4) is 0 Å². The summed E-state index contributed by atoms with van der Waals surface area (Å²) in [5.74, 6) is 0.0136. The van der Waals surface area contributed by atoms with Gasteiger partial charge in [0.05, 0.1) is 5.25 Å². The second kappa shape index (κ2) is 7.17. The second-order valence-electron chi connectivity index (χ2n) is 6.40. The Morgan fingerprint density at radius 1 is 1.39 bits per heavy atom. The van der Waals surface area contributed by atoms with Crippen LogP contribution < -0.4 is 5.32 Å². The van der Waals surface area contributed by atoms with Crippen molar-refractivity contribution in [3.63, 3.8) is 0 Å². The van der Waals surface area contributed by atoms with E-state index in [0.717, 1.165) is 5.16 Å². The van der Waals surface area contributed by atoms with Gasteiger partial charge in [-0.25, -0.2) is 0 Å². The van der Waals surface area contributed by atoms with Crippen LogP contribution in [0, 0.1) is 6.92 Å². The van der Waals surface area contributed by atoms with E-state index in [1.807, 2.05) is 30.7 Å². The number of aryl methyl sites for hydroxylation is 2. The highest BCUT2D eigenvalue weighted by molar-refractivity contribution is 8.00. The van der Waals surface area contributed by atoms with E-state index in [9.17, 15) is 4.79 Å². The summed E-state index contributed by atoms with van der Waals surface area (Å²) in [5, 5.41) is 11.4. The molecule has 6 heteroatoms. The summed E-state index contributed by atoms with van der Waals surface area (Å²) in [6, 6.07) is 8.30. The largest absolute Gasteiger partial charge is 0.354 e. The number of thioether (sulfide) groups is 1. The van der Waals surface area contributed by atoms with Crippen LogP contribution in [-0.4, -0.2) is 32.5 Å². The number of carbonyl (C=O) groups excluding carboxylic acids is 1. The molecule has 0 fully saturated rings. The highest BCUT2D eigenvalue weighted by atomic mass is 32.2. The molecule has 0 aliphatic rings. The summed E-state index contributed by atoms with van der Waals surface area (Å²) < 4.78 is 1.81. The van der Waals surface area contributed by atoms with E-state index in [2.05, 4.69) is 48.4 Å². The van der Waals surface area contributed by atoms with Crippen LogP contribution in [0.3, 0.4) is 0 Å². The van der Waals surface area contributed by atoms with Crippen LogP contribution >= 0.6 is 11.8 Å². The van der Waals surface area contributed by atoms with Crippen LogP contribution in [0.15, 0.2) is 35.7 Å². The van der Waals surface area contributed by atoms with Crippen LogP contribution in [-0.2, 0) is 17.3 Å². The van der Waals surface area contributed by atoms with Gasteiger partial charge in [-0.3, -0.25) is 4.79 Å². The molecule has 23 heavy (non-hydrogen) atoms. The molecule has 0 saturated carbocycles. The smallest absolute Gasteiger partial charge is 0.233 e. The van der Waals surface area contributed by atoms with Gasteiger partial charge in [0.1, 0.15) is 6.33 Å². The summed E-state index contributed by atoms with van der Waals surface area (Å²) in [7, 11) is 1.87. The van der Waals surface area contributed by atoms with Crippen molar-refractivity contribution in [3.05, 3.63) is 41.7 Å². The Labute approximate surface area is 141 Å². The Morgan fingerprint density at radius 2 is 2.09 bits per heavy atom. The highest BCUT2D eigenvalue weighted by Crippen LogP contribution is 2.26. The highest BCUT2D eigenvalue weighted by Gasteiger charge is 2.25. The van der Waals surface area contributed by atoms with Crippen molar-refractivity contribution >= 4 is 17.7 Å². The Balaban J connectivity index is 1.95. The number of hydrogen-bond acceptors (Lipinski definition) is 4. The van der Waals surface area contributed by atoms with E-state index < -0.39 is 0 Å². The topological polar surface area (TPSA) is 59.8 Å². The van der Waals surface area contributed by atoms with Gasteiger partial charge >= 0.3 is 0 Å². The fraction of sp³-hybridized carbons (Fsp3) is 0.471. The lowest BCUT2D eigenvalue weighted by Gasteiger charge is -2.28. The molecule has 1 N–H and O–H groups in total. The predicted molar refractivity (Wildman–Crippen MR) is 93.5 cm³/mol. The molecule has 1 atom stereocenters. The SMILES string of the molecule is Cc1ccccc1C(C)(C)CNC(=O)C(C)Sc1nncn1C. The van der Waals surface area contributed by atoms with E-state index in [1.165, 1.54) is 22.9 Å². The predicted octanol–water partition coefficient (Wildman–Crippen LogP) is 2.70. The third-order valence-electron chi connectivity index (χ3n) is 3.90. The van der Waals surface area contributed by atoms with Crippen molar-refractivity contribution in [1.29, 1.82) is 0 Å². The number of amides is 1. The minimum absolute atomic E-state index is 0.0136. The Kier molecular flexibility index (Phi) is 5.46. The molecule has 0 aliphatic heterocycles. The normalized spacial score (nSPS) is 12.9. The third kappa shape index (κ3) is 4.34. The lowest BCUT2D eigenvalue weighted by atomic mass is 9.82. The zero-order valence-corrected chi connectivity index (χ0v) is 15.1. The van der Waals surface area contributed by atoms with E-state index >= 15 is 0 Å². The van der Waals surface area contributed by atoms with E-state index in [0.29, 0.717) is 6.54 Å². The first-order valence-electron chi connectivity index (χ1n) is 7.66. The number of benzene rings is 1. The average molecular weight is 332 g/mol. The van der Waals surface area contributed by atoms with Crippen LogP contribution in [0.2, 0.25) is 0 Å². The third-order valence-corrected chi connectivity index (χ3v) is 5.05. The molecule has 2 aromatic rings. The average Bonchev–Trinajstić information content (AvgIpc) is 2.90. The van der Waals surface area contributed by atoms with Gasteiger partial charge in [0.25, 0.3) is 0 Å². The Hall–Kier alpha value is -1.82. The molecule has 1 aromatic heterocycles. The van der Waals surface area contributed by atoms with E-state index in [1.54, 1.807) is 6.33 Å². The first-order chi connectivity index (χ1) is 10.8. The zero-order chi connectivity index (χ0) is 17.0. The number of carbonyl (C=O) groups is 1. The lowest BCUT2D eigenvalue weighted by molar-refractivity contribution is -0.120. The summed E-state index contributed by atoms with van der Waals surface area (Å²) in [5.41, 5.74) is 2.39. The maximum absolute atomic E-state index is 12.4. The molecule has 0 bridgehead atoms. The van der Waals surface area contributed by atoms with Crippen molar-refractivity contribution in [1.82, 2.24) is 20.1 Å². The van der Waals surface area contributed by atoms with Crippen molar-refractivity contribution < 1.29 is 4.79 Å². The number of rotatable bonds is 6. The summed E-state index contributed by atoms with van der Waals surface area (Å²) in [6.45, 7) is 8.88. The molecule has 5 nitrogen and oxygen atoms in total. The van der Waals surface area contributed by atoms with Gasteiger partial charge < -0.3 is 9.88 Å². The first kappa shape index (κ1) is 17.5. The van der Waals surface area contributed by atoms with Crippen molar-refractivity contribution in [2.75, 3.05) is 6.54 Å². The molecule has 0 spiro atoms. The number of nitrogens with one attached hydrogen (secondary N) is 1. The summed E-state index contributed by atoms with van der Waals surface area (Å²) in [4.78, 5) is 12.4. The molecule has 1 unspecified atom stereocenters. The first-order valence-corrected chi connectivity index (χ1v) is 8.53. The van der Waals surface area contributed by atoms with Gasteiger partial charge in [0.2, 0.25) is 5.91 Å². The summed E-state index contributed by atoms with van der Waals surface area (Å²) in [6.07, 6.45) is 1.63. The molecule has 1 aromatic carbocycles. The molecule has 0 saturated heterocycles. The molecule has 0 radical (unpaired) electrons. The number of nitrogens with zero attached hydrogens (tertiary/aromatic N) is 3. The van der Waals surface area contributed by atoms with Gasteiger partial charge in [0, 0.05) is 19.0 Å². The summed E-state index contributed by atoms with van der Waals surface area (Å²) >= 11 is 1.41. The van der Waals surface area contributed by atoms with Gasteiger partial charge in [-0.05, 0) is 25.0 Å². The monoisotopic (exact) mass is 332 g/mol. The maximum Gasteiger partial charge on any atom is 0.233 e. The fourth-order valence-corrected chi connectivity index (χ4v) is 3.28. The molecule has 1 amide bonds. The van der Waals surface area contributed by atoms with E-state index in [-0.39, 0.29) is 16.6 Å². The van der Waals surface area contributed by atoms with Crippen molar-refractivity contribution in [2.24, 2.45) is 7.05 Å². The van der Waals surface area contributed by atoms with Gasteiger partial charge in [0.15, 0.2) is 5.16 Å². The van der Waals surface area contributed by atoms with Gasteiger partial charge in [-0.15, -0.1) is 10.2 Å². The minimum Gasteiger partial charge on any atom is -0.354 e. The van der Waals surface area contributed by atoms with Crippen molar-refractivity contribution in [2.45, 2.75) is 43.5 Å². The van der Waals surface area contributed by atoms with Gasteiger partial charge in [-0.1, -0.05) is 49.9 Å². The zero-order valence-electron chi connectivity index (χ0n) is 14.3. The number of hydrogen-bond donors (Lipinski definition) is 1. The Bertz CT molecular complexity index is 681. The minimum atomic E-state index is -0.217. The Morgan fingerprint density at radius 3 is 2.70 bits per heavy atom. The molecule has 0 aliphatic carbocycles. The molecule has 1 heterocycles. The number of aromatic nitrogens is 3. The molecule has 2 rings (SSSR count). The molecule has 124 valence electrons. The van der Waals surface area contributed by atoms with Crippen LogP contribution in [0.5, 0.6) is 0 Å². The van der Waals surface area contributed by atoms with E-state index in [4.69, 9.17) is 0 Å². The fourth-order valence-electron chi connectivity index (χ4n) is 2.47. The van der Waals surface area contributed by atoms with Crippen LogP contribution in [0.1, 0.15) is 31.9 Å². The quantitative estimate of drug-likeness (QED) is 0.826. The standard InChI is InChI=1S/C17H24N4OS/c1-12-8-6-7-9-14(12)17(3,4)10-18-15(22)13(2)23-16-20-19-11-21(16)5/h6-9,11,13H,10H2,1-5H3,(H,18,22). The van der Waals surface area contributed by atoms with Crippen LogP contribution in [0.4, 0.5) is 0 Å². The second-order valence-corrected chi connectivity index (χ2v) is 7.71. The molecular formula is C17H24N4OS. The lowest BCUT2D eigenvalue weighted by Crippen LogP contribution is -2.40.